The minimum absolute atomic E-state index is 0.762. The van der Waals surface area contributed by atoms with Crippen LogP contribution in [0.5, 0.6) is 0 Å². The number of nitrogens with two attached hydrogens (primary N) is 1. The number of rotatable bonds is 7. The molecule has 3 heteroatoms. The maximum absolute atomic E-state index is 5.57. The van der Waals surface area contributed by atoms with Crippen LogP contribution in [-0.4, -0.2) is 24.0 Å². The highest BCUT2D eigenvalue weighted by atomic mass is 16.3. The molecule has 17 heavy (non-hydrogen) atoms. The van der Waals surface area contributed by atoms with Crippen LogP contribution in [0.15, 0.2) is 22.8 Å². The first-order valence-corrected chi connectivity index (χ1v) is 6.86. The van der Waals surface area contributed by atoms with E-state index >= 15 is 0 Å². The Morgan fingerprint density at radius 1 is 1.29 bits per heavy atom. The lowest BCUT2D eigenvalue weighted by molar-refractivity contribution is 0.172. The zero-order chi connectivity index (χ0) is 11.9. The summed E-state index contributed by atoms with van der Waals surface area (Å²) in [7, 11) is 0. The van der Waals surface area contributed by atoms with Crippen LogP contribution in [0.4, 0.5) is 0 Å². The average Bonchev–Trinajstić information content (AvgIpc) is 3.01. The summed E-state index contributed by atoms with van der Waals surface area (Å²) in [4.78, 5) is 2.58. The van der Waals surface area contributed by atoms with Crippen LogP contribution < -0.4 is 5.73 Å². The van der Waals surface area contributed by atoms with Crippen LogP contribution in [0, 0.1) is 0 Å². The van der Waals surface area contributed by atoms with Gasteiger partial charge in [0.25, 0.3) is 0 Å². The highest BCUT2D eigenvalue weighted by Crippen LogP contribution is 2.25. The molecule has 0 radical (unpaired) electrons. The molecule has 1 aromatic heterocycles. The highest BCUT2D eigenvalue weighted by Gasteiger charge is 2.22. The number of unbranched alkanes of at least 4 members (excludes halogenated alkanes) is 1. The van der Waals surface area contributed by atoms with Crippen molar-refractivity contribution in [2.75, 3.05) is 13.1 Å². The average molecular weight is 236 g/mol. The number of hydrogen-bond acceptors (Lipinski definition) is 3. The Kier molecular flexibility index (Phi) is 5.08. The molecule has 0 atom stereocenters. The third-order valence-electron chi connectivity index (χ3n) is 3.68. The first-order valence-electron chi connectivity index (χ1n) is 6.86. The Balaban J connectivity index is 1.86. The Bertz CT molecular complexity index is 291. The molecule has 96 valence electrons. The van der Waals surface area contributed by atoms with Gasteiger partial charge in [-0.15, -0.1) is 0 Å². The van der Waals surface area contributed by atoms with Gasteiger partial charge in [0, 0.05) is 6.04 Å². The maximum Gasteiger partial charge on any atom is 0.117 e. The van der Waals surface area contributed by atoms with E-state index in [0.29, 0.717) is 0 Å². The first kappa shape index (κ1) is 12.7. The van der Waals surface area contributed by atoms with Crippen LogP contribution in [0.2, 0.25) is 0 Å². The van der Waals surface area contributed by atoms with E-state index in [1.54, 1.807) is 6.26 Å². The highest BCUT2D eigenvalue weighted by molar-refractivity contribution is 4.98. The van der Waals surface area contributed by atoms with Gasteiger partial charge in [-0.25, -0.2) is 0 Å². The second kappa shape index (κ2) is 6.82. The van der Waals surface area contributed by atoms with Crippen molar-refractivity contribution < 1.29 is 4.42 Å². The molecule has 0 spiro atoms. The Morgan fingerprint density at radius 3 is 2.76 bits per heavy atom. The summed E-state index contributed by atoms with van der Waals surface area (Å²) in [5.74, 6) is 1.09. The van der Waals surface area contributed by atoms with Gasteiger partial charge in [0.2, 0.25) is 0 Å². The summed E-state index contributed by atoms with van der Waals surface area (Å²) in [6.45, 7) is 2.92. The molecule has 2 rings (SSSR count). The molecule has 0 amide bonds. The van der Waals surface area contributed by atoms with Crippen LogP contribution in [-0.2, 0) is 6.54 Å². The second-order valence-electron chi connectivity index (χ2n) is 4.98. The van der Waals surface area contributed by atoms with Gasteiger partial charge in [-0.05, 0) is 50.9 Å². The van der Waals surface area contributed by atoms with Crippen LogP contribution in [0.25, 0.3) is 0 Å². The molecular weight excluding hydrogens is 212 g/mol. The topological polar surface area (TPSA) is 42.4 Å². The van der Waals surface area contributed by atoms with Gasteiger partial charge < -0.3 is 10.2 Å². The van der Waals surface area contributed by atoms with Crippen LogP contribution in [0.1, 0.15) is 44.3 Å². The van der Waals surface area contributed by atoms with Gasteiger partial charge in [0.15, 0.2) is 0 Å². The smallest absolute Gasteiger partial charge is 0.117 e. The second-order valence-corrected chi connectivity index (χ2v) is 4.98. The SMILES string of the molecule is NCCCCN(Cc1ccco1)C1CCCC1. The van der Waals surface area contributed by atoms with E-state index in [2.05, 4.69) is 11.0 Å². The van der Waals surface area contributed by atoms with Crippen molar-refractivity contribution in [2.24, 2.45) is 5.73 Å². The van der Waals surface area contributed by atoms with Crippen molar-refractivity contribution in [2.45, 2.75) is 51.1 Å². The minimum atomic E-state index is 0.762. The third kappa shape index (κ3) is 3.86. The molecule has 1 fully saturated rings. The molecule has 3 nitrogen and oxygen atoms in total. The Labute approximate surface area is 104 Å². The van der Waals surface area contributed by atoms with E-state index in [1.807, 2.05) is 6.07 Å². The number of nitrogens with zero attached hydrogens (tertiary/aromatic N) is 1. The summed E-state index contributed by atoms with van der Waals surface area (Å²) in [6.07, 6.45) is 9.57. The fourth-order valence-electron chi connectivity index (χ4n) is 2.72. The largest absolute Gasteiger partial charge is 0.468 e. The van der Waals surface area contributed by atoms with Gasteiger partial charge in [-0.2, -0.15) is 0 Å². The van der Waals surface area contributed by atoms with Crippen molar-refractivity contribution in [3.05, 3.63) is 24.2 Å². The van der Waals surface area contributed by atoms with E-state index in [9.17, 15) is 0 Å². The predicted molar refractivity (Wildman–Crippen MR) is 69.7 cm³/mol. The van der Waals surface area contributed by atoms with Crippen molar-refractivity contribution in [3.8, 4) is 0 Å². The molecular formula is C14H24N2O. The summed E-state index contributed by atoms with van der Waals surface area (Å²) >= 11 is 0. The molecule has 0 unspecified atom stereocenters. The van der Waals surface area contributed by atoms with E-state index in [1.165, 1.54) is 32.1 Å². The lowest BCUT2D eigenvalue weighted by Crippen LogP contribution is -2.33. The standard InChI is InChI=1S/C14H24N2O/c15-9-3-4-10-16(13-6-1-2-7-13)12-14-8-5-11-17-14/h5,8,11,13H,1-4,6-7,9-10,12,15H2. The van der Waals surface area contributed by atoms with Crippen LogP contribution in [0.3, 0.4) is 0 Å². The van der Waals surface area contributed by atoms with Gasteiger partial charge >= 0.3 is 0 Å². The molecule has 0 saturated heterocycles. The Hall–Kier alpha value is -0.800. The summed E-state index contributed by atoms with van der Waals surface area (Å²) in [5.41, 5.74) is 5.57. The zero-order valence-electron chi connectivity index (χ0n) is 10.6. The zero-order valence-corrected chi connectivity index (χ0v) is 10.6. The van der Waals surface area contributed by atoms with Gasteiger partial charge in [-0.3, -0.25) is 4.90 Å². The van der Waals surface area contributed by atoms with Crippen molar-refractivity contribution >= 4 is 0 Å². The van der Waals surface area contributed by atoms with Crippen molar-refractivity contribution in [1.82, 2.24) is 4.90 Å². The molecule has 1 aromatic rings. The third-order valence-corrected chi connectivity index (χ3v) is 3.68. The van der Waals surface area contributed by atoms with Crippen molar-refractivity contribution in [3.63, 3.8) is 0 Å². The Morgan fingerprint density at radius 2 is 2.12 bits per heavy atom. The van der Waals surface area contributed by atoms with Gasteiger partial charge in [-0.1, -0.05) is 12.8 Å². The summed E-state index contributed by atoms with van der Waals surface area (Å²) in [6, 6.07) is 4.81. The van der Waals surface area contributed by atoms with Gasteiger partial charge in [0.05, 0.1) is 12.8 Å². The summed E-state index contributed by atoms with van der Waals surface area (Å²) in [5, 5.41) is 0. The minimum Gasteiger partial charge on any atom is -0.468 e. The molecule has 0 aliphatic heterocycles. The van der Waals surface area contributed by atoms with Crippen LogP contribution >= 0.6 is 0 Å². The van der Waals surface area contributed by atoms with Gasteiger partial charge in [0.1, 0.15) is 5.76 Å². The lowest BCUT2D eigenvalue weighted by Gasteiger charge is -2.27. The quantitative estimate of drug-likeness (QED) is 0.740. The fourth-order valence-corrected chi connectivity index (χ4v) is 2.72. The summed E-state index contributed by atoms with van der Waals surface area (Å²) < 4.78 is 5.46. The molecule has 0 bridgehead atoms. The predicted octanol–water partition coefficient (Wildman–Crippen LogP) is 2.76. The normalized spacial score (nSPS) is 17.1. The lowest BCUT2D eigenvalue weighted by atomic mass is 10.1. The van der Waals surface area contributed by atoms with E-state index in [4.69, 9.17) is 10.2 Å². The first-order chi connectivity index (χ1) is 8.40. The van der Waals surface area contributed by atoms with Crippen molar-refractivity contribution in [1.29, 1.82) is 0 Å². The number of hydrogen-bond donors (Lipinski definition) is 1. The molecule has 1 aliphatic carbocycles. The fraction of sp³-hybridized carbons (Fsp3) is 0.714. The number of furan rings is 1. The molecule has 1 aliphatic rings. The molecule has 1 heterocycles. The van der Waals surface area contributed by atoms with E-state index in [0.717, 1.165) is 37.9 Å². The molecule has 1 saturated carbocycles. The maximum atomic E-state index is 5.57. The monoisotopic (exact) mass is 236 g/mol. The molecule has 2 N–H and O–H groups in total. The molecule has 0 aromatic carbocycles. The van der Waals surface area contributed by atoms with E-state index in [-0.39, 0.29) is 0 Å². The van der Waals surface area contributed by atoms with E-state index < -0.39 is 0 Å².